The number of benzene rings is 3. The average Bonchev–Trinajstić information content (AvgIpc) is 2.93. The van der Waals surface area contributed by atoms with Gasteiger partial charge in [0.05, 0.1) is 16.3 Å². The van der Waals surface area contributed by atoms with E-state index in [-0.39, 0.29) is 11.1 Å². The molecule has 0 fully saturated rings. The van der Waals surface area contributed by atoms with Crippen LogP contribution in [-0.2, 0) is 5.41 Å². The van der Waals surface area contributed by atoms with Crippen LogP contribution in [0.15, 0.2) is 82.9 Å². The fourth-order valence-electron chi connectivity index (χ4n) is 3.30. The minimum atomic E-state index is -0.409. The number of fused-ring (bicyclic) bond motifs is 1. The van der Waals surface area contributed by atoms with Crippen LogP contribution in [0.1, 0.15) is 43.0 Å². The first kappa shape index (κ1) is 19.5. The number of hydrogen-bond acceptors (Lipinski definition) is 5. The summed E-state index contributed by atoms with van der Waals surface area (Å²) >= 11 is 0. The van der Waals surface area contributed by atoms with Gasteiger partial charge >= 0.3 is 0 Å². The predicted molar refractivity (Wildman–Crippen MR) is 120 cm³/mol. The molecule has 1 aliphatic rings. The number of non-ortho nitro benzene ring substituents is 1. The second kappa shape index (κ2) is 7.55. The molecule has 0 atom stereocenters. The van der Waals surface area contributed by atoms with E-state index in [1.54, 1.807) is 12.1 Å². The number of hydrazone groups is 1. The maximum Gasteiger partial charge on any atom is 0.269 e. The minimum Gasteiger partial charge on any atom is -0.260 e. The number of nitro groups is 1. The molecular formula is C24H22N4O2. The molecule has 1 heterocycles. The zero-order chi connectivity index (χ0) is 21.3. The summed E-state index contributed by atoms with van der Waals surface area (Å²) in [4.78, 5) is 15.4. The summed E-state index contributed by atoms with van der Waals surface area (Å²) in [7, 11) is 0. The Morgan fingerprint density at radius 2 is 1.50 bits per heavy atom. The van der Waals surface area contributed by atoms with E-state index in [2.05, 4.69) is 43.4 Å². The molecule has 0 aliphatic carbocycles. The first-order valence-electron chi connectivity index (χ1n) is 9.70. The number of nitrogens with zero attached hydrogens (tertiary/aromatic N) is 3. The number of nitro benzene ring substituents is 1. The van der Waals surface area contributed by atoms with Crippen molar-refractivity contribution in [2.45, 2.75) is 26.2 Å². The molecule has 30 heavy (non-hydrogen) atoms. The van der Waals surface area contributed by atoms with Crippen molar-refractivity contribution < 1.29 is 4.92 Å². The van der Waals surface area contributed by atoms with Gasteiger partial charge in [0.1, 0.15) is 0 Å². The van der Waals surface area contributed by atoms with Crippen LogP contribution in [0.5, 0.6) is 0 Å². The maximum absolute atomic E-state index is 11.0. The molecule has 150 valence electrons. The number of para-hydroxylation sites is 1. The summed E-state index contributed by atoms with van der Waals surface area (Å²) in [5, 5.41) is 15.6. The Morgan fingerprint density at radius 3 is 2.13 bits per heavy atom. The van der Waals surface area contributed by atoms with E-state index in [9.17, 15) is 10.1 Å². The SMILES string of the molecule is CC(C)(C)c1ccc(C2=Nc3ccccc3C(c3ccc([N+](=O)[O-])cc3)=NN2)cc1. The van der Waals surface area contributed by atoms with Crippen LogP contribution < -0.4 is 5.43 Å². The highest BCUT2D eigenvalue weighted by Crippen LogP contribution is 2.27. The molecule has 0 amide bonds. The van der Waals surface area contributed by atoms with E-state index in [1.807, 2.05) is 36.4 Å². The topological polar surface area (TPSA) is 79.9 Å². The van der Waals surface area contributed by atoms with Crippen molar-refractivity contribution >= 4 is 22.9 Å². The highest BCUT2D eigenvalue weighted by molar-refractivity contribution is 6.18. The van der Waals surface area contributed by atoms with Gasteiger partial charge in [-0.15, -0.1) is 0 Å². The van der Waals surface area contributed by atoms with Crippen LogP contribution >= 0.6 is 0 Å². The van der Waals surface area contributed by atoms with E-state index in [1.165, 1.54) is 17.7 Å². The number of nitrogens with one attached hydrogen (secondary N) is 1. The second-order valence-corrected chi connectivity index (χ2v) is 8.18. The zero-order valence-corrected chi connectivity index (χ0v) is 17.1. The van der Waals surface area contributed by atoms with Crippen LogP contribution in [0.4, 0.5) is 11.4 Å². The molecule has 3 aromatic rings. The maximum atomic E-state index is 11.0. The molecule has 0 saturated heterocycles. The van der Waals surface area contributed by atoms with Crippen LogP contribution in [-0.4, -0.2) is 16.5 Å². The molecule has 1 aliphatic heterocycles. The van der Waals surface area contributed by atoms with Crippen LogP contribution in [0.25, 0.3) is 0 Å². The summed E-state index contributed by atoms with van der Waals surface area (Å²) in [5.74, 6) is 0.653. The Balaban J connectivity index is 1.74. The highest BCUT2D eigenvalue weighted by atomic mass is 16.6. The minimum absolute atomic E-state index is 0.0464. The van der Waals surface area contributed by atoms with Gasteiger partial charge in [-0.3, -0.25) is 15.5 Å². The Labute approximate surface area is 175 Å². The third-order valence-electron chi connectivity index (χ3n) is 5.04. The molecule has 0 saturated carbocycles. The first-order valence-corrected chi connectivity index (χ1v) is 9.70. The van der Waals surface area contributed by atoms with Crippen molar-refractivity contribution in [2.75, 3.05) is 0 Å². The average molecular weight is 398 g/mol. The summed E-state index contributed by atoms with van der Waals surface area (Å²) < 4.78 is 0. The van der Waals surface area contributed by atoms with Gasteiger partial charge in [0, 0.05) is 28.8 Å². The van der Waals surface area contributed by atoms with Crippen molar-refractivity contribution in [2.24, 2.45) is 10.1 Å². The monoisotopic (exact) mass is 398 g/mol. The lowest BCUT2D eigenvalue weighted by atomic mass is 9.86. The molecule has 6 heteroatoms. The largest absolute Gasteiger partial charge is 0.269 e. The Morgan fingerprint density at radius 1 is 0.867 bits per heavy atom. The lowest BCUT2D eigenvalue weighted by molar-refractivity contribution is -0.384. The van der Waals surface area contributed by atoms with E-state index in [0.717, 1.165) is 22.4 Å². The smallest absolute Gasteiger partial charge is 0.260 e. The van der Waals surface area contributed by atoms with Crippen molar-refractivity contribution in [3.05, 3.63) is 105 Å². The van der Waals surface area contributed by atoms with Crippen LogP contribution in [0.3, 0.4) is 0 Å². The molecule has 0 radical (unpaired) electrons. The highest BCUT2D eigenvalue weighted by Gasteiger charge is 2.19. The fraction of sp³-hybridized carbons (Fsp3) is 0.167. The molecule has 1 N–H and O–H groups in total. The lowest BCUT2D eigenvalue weighted by Crippen LogP contribution is -2.20. The molecule has 3 aromatic carbocycles. The van der Waals surface area contributed by atoms with E-state index >= 15 is 0 Å². The second-order valence-electron chi connectivity index (χ2n) is 8.18. The summed E-state index contributed by atoms with van der Waals surface area (Å²) in [6.45, 7) is 6.54. The number of hydrogen-bond donors (Lipinski definition) is 1. The van der Waals surface area contributed by atoms with Gasteiger partial charge in [0.2, 0.25) is 0 Å². The van der Waals surface area contributed by atoms with E-state index in [0.29, 0.717) is 11.5 Å². The number of amidine groups is 1. The van der Waals surface area contributed by atoms with Crippen molar-refractivity contribution in [1.29, 1.82) is 0 Å². The van der Waals surface area contributed by atoms with Crippen molar-refractivity contribution in [1.82, 2.24) is 5.43 Å². The Kier molecular flexibility index (Phi) is 4.91. The molecule has 6 nitrogen and oxygen atoms in total. The summed E-state index contributed by atoms with van der Waals surface area (Å²) in [5.41, 5.74) is 8.51. The van der Waals surface area contributed by atoms with Crippen molar-refractivity contribution in [3.63, 3.8) is 0 Å². The van der Waals surface area contributed by atoms with Gasteiger partial charge in [-0.25, -0.2) is 4.99 Å². The van der Waals surface area contributed by atoms with Crippen LogP contribution in [0, 0.1) is 10.1 Å². The van der Waals surface area contributed by atoms with Gasteiger partial charge in [-0.2, -0.15) is 5.10 Å². The van der Waals surface area contributed by atoms with Gasteiger partial charge in [0.25, 0.3) is 5.69 Å². The van der Waals surface area contributed by atoms with E-state index < -0.39 is 4.92 Å². The Hall–Kier alpha value is -3.80. The first-order chi connectivity index (χ1) is 14.3. The van der Waals surface area contributed by atoms with Gasteiger partial charge in [-0.1, -0.05) is 63.2 Å². The summed E-state index contributed by atoms with van der Waals surface area (Å²) in [6, 6.07) is 22.4. The molecule has 4 rings (SSSR count). The molecule has 0 aromatic heterocycles. The number of rotatable bonds is 3. The van der Waals surface area contributed by atoms with E-state index in [4.69, 9.17) is 4.99 Å². The third-order valence-corrected chi connectivity index (χ3v) is 5.04. The molecule has 0 unspecified atom stereocenters. The van der Waals surface area contributed by atoms with Gasteiger partial charge < -0.3 is 0 Å². The quantitative estimate of drug-likeness (QED) is 0.478. The predicted octanol–water partition coefficient (Wildman–Crippen LogP) is 5.33. The molecule has 0 spiro atoms. The van der Waals surface area contributed by atoms with Crippen LogP contribution in [0.2, 0.25) is 0 Å². The summed E-state index contributed by atoms with van der Waals surface area (Å²) in [6.07, 6.45) is 0. The van der Waals surface area contributed by atoms with Crippen molar-refractivity contribution in [3.8, 4) is 0 Å². The van der Waals surface area contributed by atoms with Gasteiger partial charge in [0.15, 0.2) is 5.84 Å². The number of aliphatic imine (C=N–C) groups is 1. The molecular weight excluding hydrogens is 376 g/mol. The molecule has 0 bridgehead atoms. The lowest BCUT2D eigenvalue weighted by Gasteiger charge is -2.19. The normalized spacial score (nSPS) is 13.4. The van der Waals surface area contributed by atoms with Gasteiger partial charge in [-0.05, 0) is 29.2 Å². The fourth-order valence-corrected chi connectivity index (χ4v) is 3.30. The Bertz CT molecular complexity index is 1160. The standard InChI is InChI=1S/C24H22N4O2/c1-24(2,3)18-12-8-17(9-13-18)23-25-21-7-5-4-6-20(21)22(26-27-23)16-10-14-19(15-11-16)28(29)30/h4-15H,1-3H3,(H,25,27). The third kappa shape index (κ3) is 3.85. The zero-order valence-electron chi connectivity index (χ0n) is 17.1.